The van der Waals surface area contributed by atoms with Gasteiger partial charge in [0, 0.05) is 19.3 Å². The van der Waals surface area contributed by atoms with Crippen LogP contribution in [-0.4, -0.2) is 37.2 Å². The Bertz CT molecular complexity index is 1160. The third-order valence-electron chi connectivity index (χ3n) is 10.7. The Hall–Kier alpha value is -3.15. The topological polar surface area (TPSA) is 78.9 Å². The third kappa shape index (κ3) is 47.7. The van der Waals surface area contributed by atoms with Gasteiger partial charge in [0.2, 0.25) is 0 Å². The Morgan fingerprint density at radius 1 is 0.361 bits per heavy atom. The van der Waals surface area contributed by atoms with Crippen LogP contribution in [0, 0.1) is 0 Å². The normalized spacial score (nSPS) is 12.6. The van der Waals surface area contributed by atoms with E-state index in [0.29, 0.717) is 19.3 Å². The van der Waals surface area contributed by atoms with E-state index in [0.717, 1.165) is 109 Å². The third-order valence-corrected chi connectivity index (χ3v) is 10.7. The molecule has 0 amide bonds. The van der Waals surface area contributed by atoms with Gasteiger partial charge in [0.1, 0.15) is 13.2 Å². The maximum absolute atomic E-state index is 12.8. The fraction of sp³-hybridized carbons (Fsp3) is 0.727. The molecule has 0 heterocycles. The summed E-state index contributed by atoms with van der Waals surface area (Å²) in [4.78, 5) is 37.9. The lowest BCUT2D eigenvalue weighted by molar-refractivity contribution is -0.167. The lowest BCUT2D eigenvalue weighted by Gasteiger charge is -2.18. The van der Waals surface area contributed by atoms with Crippen molar-refractivity contribution in [3.05, 3.63) is 72.9 Å². The van der Waals surface area contributed by atoms with Gasteiger partial charge in [-0.3, -0.25) is 14.4 Å². The number of carbonyl (C=O) groups is 3. The van der Waals surface area contributed by atoms with Gasteiger partial charge >= 0.3 is 17.9 Å². The van der Waals surface area contributed by atoms with Gasteiger partial charge in [0.05, 0.1) is 0 Å². The monoisotopic (exact) mass is 851 g/mol. The van der Waals surface area contributed by atoms with E-state index in [1.54, 1.807) is 0 Å². The first-order valence-corrected chi connectivity index (χ1v) is 25.5. The fourth-order valence-corrected chi connectivity index (χ4v) is 6.85. The van der Waals surface area contributed by atoms with Gasteiger partial charge in [0.25, 0.3) is 0 Å². The predicted molar refractivity (Wildman–Crippen MR) is 261 cm³/mol. The van der Waals surface area contributed by atoms with E-state index < -0.39 is 6.10 Å². The Morgan fingerprint density at radius 2 is 0.689 bits per heavy atom. The fourth-order valence-electron chi connectivity index (χ4n) is 6.85. The van der Waals surface area contributed by atoms with Crippen LogP contribution in [0.5, 0.6) is 0 Å². The molecule has 6 heteroatoms. The SMILES string of the molecule is CC/C=C\C/C=C\C/C=C\CCCCC(=O)OCC(COC(=O)CCCCCCC/C=C\C=C/CCCCCCCCC)OC(=O)CCCCC/C=C\CCCCCCCC. The number of ether oxygens (including phenoxy) is 3. The summed E-state index contributed by atoms with van der Waals surface area (Å²) >= 11 is 0. The van der Waals surface area contributed by atoms with Crippen LogP contribution < -0.4 is 0 Å². The summed E-state index contributed by atoms with van der Waals surface area (Å²) < 4.78 is 16.7. The second-order valence-electron chi connectivity index (χ2n) is 16.7. The number of esters is 3. The summed E-state index contributed by atoms with van der Waals surface area (Å²) in [5, 5.41) is 0. The summed E-state index contributed by atoms with van der Waals surface area (Å²) in [6.45, 7) is 6.44. The van der Waals surface area contributed by atoms with Gasteiger partial charge in [-0.15, -0.1) is 0 Å². The number of rotatable bonds is 45. The Balaban J connectivity index is 4.44. The first-order chi connectivity index (χ1) is 30.0. The van der Waals surface area contributed by atoms with Crippen LogP contribution >= 0.6 is 0 Å². The van der Waals surface area contributed by atoms with Crippen LogP contribution in [-0.2, 0) is 28.6 Å². The summed E-state index contributed by atoms with van der Waals surface area (Å²) in [6.07, 6.45) is 61.8. The Labute approximate surface area is 376 Å². The molecule has 1 atom stereocenters. The molecule has 0 rings (SSSR count). The Morgan fingerprint density at radius 3 is 1.16 bits per heavy atom. The van der Waals surface area contributed by atoms with Gasteiger partial charge in [0.15, 0.2) is 6.10 Å². The summed E-state index contributed by atoms with van der Waals surface area (Å²) in [7, 11) is 0. The van der Waals surface area contributed by atoms with Gasteiger partial charge in [-0.25, -0.2) is 0 Å². The minimum atomic E-state index is -0.804. The number of carbonyl (C=O) groups excluding carboxylic acids is 3. The predicted octanol–water partition coefficient (Wildman–Crippen LogP) is 16.6. The molecule has 0 N–H and O–H groups in total. The van der Waals surface area contributed by atoms with E-state index in [1.165, 1.54) is 89.9 Å². The highest BCUT2D eigenvalue weighted by Crippen LogP contribution is 2.13. The zero-order valence-corrected chi connectivity index (χ0v) is 39.9. The standard InChI is InChI=1S/C55H94O6/c1-4-7-10-13-16-19-22-25-26-27-28-29-31-33-36-39-42-45-48-54(57)60-51-52(50-59-53(56)47-44-41-38-35-32-24-21-18-15-12-9-6-3)61-55(58)49-46-43-40-37-34-30-23-20-17-14-11-8-5-2/h9,12,18,21,26-30,32,34-35,52H,4-8,10-11,13-17,19-20,22-25,31,33,36-51H2,1-3H3/b12-9-,21-18-,27-26-,29-28-,34-30-,35-32-. The molecule has 0 fully saturated rings. The molecule has 0 aromatic carbocycles. The average molecular weight is 851 g/mol. The molecule has 0 spiro atoms. The van der Waals surface area contributed by atoms with Crippen molar-refractivity contribution in [1.82, 2.24) is 0 Å². The van der Waals surface area contributed by atoms with Crippen molar-refractivity contribution in [1.29, 1.82) is 0 Å². The van der Waals surface area contributed by atoms with Crippen molar-refractivity contribution in [2.75, 3.05) is 13.2 Å². The van der Waals surface area contributed by atoms with Crippen molar-refractivity contribution < 1.29 is 28.6 Å². The van der Waals surface area contributed by atoms with Crippen LogP contribution in [0.1, 0.15) is 239 Å². The molecule has 1 unspecified atom stereocenters. The van der Waals surface area contributed by atoms with E-state index in [2.05, 4.69) is 93.7 Å². The smallest absolute Gasteiger partial charge is 0.306 e. The van der Waals surface area contributed by atoms with Crippen LogP contribution in [0.3, 0.4) is 0 Å². The highest BCUT2D eigenvalue weighted by molar-refractivity contribution is 5.71. The molecule has 0 saturated heterocycles. The van der Waals surface area contributed by atoms with E-state index >= 15 is 0 Å². The molecule has 0 aromatic rings. The molecule has 0 saturated carbocycles. The first kappa shape index (κ1) is 57.9. The van der Waals surface area contributed by atoms with Gasteiger partial charge in [-0.1, -0.05) is 190 Å². The number of unbranched alkanes of at least 4 members (excludes halogenated alkanes) is 23. The molecule has 0 bridgehead atoms. The summed E-state index contributed by atoms with van der Waals surface area (Å²) in [6, 6.07) is 0. The summed E-state index contributed by atoms with van der Waals surface area (Å²) in [5.41, 5.74) is 0. The van der Waals surface area contributed by atoms with Crippen LogP contribution in [0.4, 0.5) is 0 Å². The number of allylic oxidation sites excluding steroid dienone is 12. The van der Waals surface area contributed by atoms with Gasteiger partial charge in [-0.05, 0) is 103 Å². The molecule has 0 aliphatic rings. The van der Waals surface area contributed by atoms with Crippen molar-refractivity contribution in [3.63, 3.8) is 0 Å². The lowest BCUT2D eigenvalue weighted by atomic mass is 10.1. The maximum Gasteiger partial charge on any atom is 0.306 e. The van der Waals surface area contributed by atoms with Gasteiger partial charge in [-0.2, -0.15) is 0 Å². The molecule has 0 aromatic heterocycles. The second-order valence-corrected chi connectivity index (χ2v) is 16.7. The zero-order valence-electron chi connectivity index (χ0n) is 39.9. The Kier molecular flexibility index (Phi) is 46.9. The average Bonchev–Trinajstić information content (AvgIpc) is 3.26. The van der Waals surface area contributed by atoms with E-state index in [9.17, 15) is 14.4 Å². The van der Waals surface area contributed by atoms with Gasteiger partial charge < -0.3 is 14.2 Å². The van der Waals surface area contributed by atoms with Crippen LogP contribution in [0.2, 0.25) is 0 Å². The molecular weight excluding hydrogens is 757 g/mol. The molecule has 0 aliphatic heterocycles. The maximum atomic E-state index is 12.8. The quantitative estimate of drug-likeness (QED) is 0.0200. The number of hydrogen-bond acceptors (Lipinski definition) is 6. The molecule has 350 valence electrons. The van der Waals surface area contributed by atoms with Crippen LogP contribution in [0.15, 0.2) is 72.9 Å². The lowest BCUT2D eigenvalue weighted by Crippen LogP contribution is -2.30. The van der Waals surface area contributed by atoms with E-state index in [4.69, 9.17) is 14.2 Å². The minimum absolute atomic E-state index is 0.102. The number of hydrogen-bond donors (Lipinski definition) is 0. The second kappa shape index (κ2) is 49.5. The molecule has 6 nitrogen and oxygen atoms in total. The highest BCUT2D eigenvalue weighted by Gasteiger charge is 2.19. The molecule has 61 heavy (non-hydrogen) atoms. The van der Waals surface area contributed by atoms with Crippen molar-refractivity contribution in [3.8, 4) is 0 Å². The zero-order chi connectivity index (χ0) is 44.4. The molecule has 0 aliphatic carbocycles. The van der Waals surface area contributed by atoms with Crippen LogP contribution in [0.25, 0.3) is 0 Å². The van der Waals surface area contributed by atoms with E-state index in [1.807, 2.05) is 0 Å². The minimum Gasteiger partial charge on any atom is -0.462 e. The van der Waals surface area contributed by atoms with E-state index in [-0.39, 0.29) is 31.1 Å². The van der Waals surface area contributed by atoms with Crippen molar-refractivity contribution >= 4 is 17.9 Å². The van der Waals surface area contributed by atoms with Crippen molar-refractivity contribution in [2.45, 2.75) is 245 Å². The largest absolute Gasteiger partial charge is 0.462 e. The molecule has 0 radical (unpaired) electrons. The van der Waals surface area contributed by atoms with Crippen molar-refractivity contribution in [2.24, 2.45) is 0 Å². The highest BCUT2D eigenvalue weighted by atomic mass is 16.6. The molecular formula is C55H94O6. The summed E-state index contributed by atoms with van der Waals surface area (Å²) in [5.74, 6) is -0.973. The first-order valence-electron chi connectivity index (χ1n) is 25.5.